The Hall–Kier alpha value is -3.06. The molecular formula is C20H19FN4O2. The minimum Gasteiger partial charge on any atom is -0.380 e. The molecule has 2 aromatic carbocycles. The lowest BCUT2D eigenvalue weighted by atomic mass is 10.1. The van der Waals surface area contributed by atoms with E-state index in [1.54, 1.807) is 4.68 Å². The third-order valence-corrected chi connectivity index (χ3v) is 4.84. The molecule has 6 nitrogen and oxygen atoms in total. The lowest BCUT2D eigenvalue weighted by Gasteiger charge is -2.16. The number of amides is 1. The van der Waals surface area contributed by atoms with Gasteiger partial charge in [-0.25, -0.2) is 14.1 Å². The molecule has 1 aromatic heterocycles. The van der Waals surface area contributed by atoms with Crippen molar-refractivity contribution in [1.82, 2.24) is 14.8 Å². The van der Waals surface area contributed by atoms with Crippen LogP contribution in [0.2, 0.25) is 0 Å². The van der Waals surface area contributed by atoms with Crippen LogP contribution in [0.15, 0.2) is 48.5 Å². The van der Waals surface area contributed by atoms with Crippen LogP contribution in [-0.4, -0.2) is 25.8 Å². The van der Waals surface area contributed by atoms with Gasteiger partial charge in [-0.15, -0.1) is 0 Å². The average Bonchev–Trinajstić information content (AvgIpc) is 3.25. The minimum absolute atomic E-state index is 0.0124. The first-order valence-corrected chi connectivity index (χ1v) is 8.75. The number of primary amides is 1. The standard InChI is InChI=1S/C20H19FN4O2/c21-15-7-5-12(6-8-15)19(27)20-23-18(11-17(22)26)24-25(20)16-9-13-3-1-2-4-14(13)10-16/h1-8,16,19,27H,9-11H2,(H2,22,26)/t19-/m1/s1. The molecule has 3 aromatic rings. The molecule has 0 bridgehead atoms. The van der Waals surface area contributed by atoms with Crippen LogP contribution in [0.3, 0.4) is 0 Å². The highest BCUT2D eigenvalue weighted by Crippen LogP contribution is 2.32. The molecule has 0 spiro atoms. The van der Waals surface area contributed by atoms with E-state index in [4.69, 9.17) is 5.73 Å². The molecule has 4 rings (SSSR count). The number of fused-ring (bicyclic) bond motifs is 1. The van der Waals surface area contributed by atoms with Crippen molar-refractivity contribution in [3.63, 3.8) is 0 Å². The summed E-state index contributed by atoms with van der Waals surface area (Å²) < 4.78 is 14.9. The fourth-order valence-corrected chi connectivity index (χ4v) is 3.57. The van der Waals surface area contributed by atoms with Gasteiger partial charge in [0.2, 0.25) is 5.91 Å². The monoisotopic (exact) mass is 366 g/mol. The number of aromatic nitrogens is 3. The maximum Gasteiger partial charge on any atom is 0.225 e. The summed E-state index contributed by atoms with van der Waals surface area (Å²) in [6.07, 6.45) is 0.344. The Morgan fingerprint density at radius 2 is 1.81 bits per heavy atom. The lowest BCUT2D eigenvalue weighted by Crippen LogP contribution is -2.18. The van der Waals surface area contributed by atoms with Crippen LogP contribution in [-0.2, 0) is 24.1 Å². The molecule has 0 aliphatic heterocycles. The van der Waals surface area contributed by atoms with E-state index in [0.717, 1.165) is 12.8 Å². The van der Waals surface area contributed by atoms with Crippen molar-refractivity contribution in [2.75, 3.05) is 0 Å². The Kier molecular flexibility index (Phi) is 4.45. The molecular weight excluding hydrogens is 347 g/mol. The van der Waals surface area contributed by atoms with E-state index in [1.807, 2.05) is 12.1 Å². The molecule has 3 N–H and O–H groups in total. The smallest absolute Gasteiger partial charge is 0.225 e. The van der Waals surface area contributed by atoms with Gasteiger partial charge in [0.05, 0.1) is 12.5 Å². The summed E-state index contributed by atoms with van der Waals surface area (Å²) in [5.41, 5.74) is 8.25. The Bertz CT molecular complexity index is 959. The number of nitrogens with two attached hydrogens (primary N) is 1. The predicted molar refractivity (Wildman–Crippen MR) is 96.3 cm³/mol. The van der Waals surface area contributed by atoms with Gasteiger partial charge < -0.3 is 10.8 Å². The van der Waals surface area contributed by atoms with Crippen molar-refractivity contribution in [3.8, 4) is 0 Å². The Labute approximate surface area is 155 Å². The largest absolute Gasteiger partial charge is 0.380 e. The second-order valence-electron chi connectivity index (χ2n) is 6.76. The molecule has 0 saturated heterocycles. The third-order valence-electron chi connectivity index (χ3n) is 4.84. The van der Waals surface area contributed by atoms with E-state index in [0.29, 0.717) is 11.4 Å². The fraction of sp³-hybridized carbons (Fsp3) is 0.250. The van der Waals surface area contributed by atoms with E-state index in [1.165, 1.54) is 35.4 Å². The van der Waals surface area contributed by atoms with Crippen LogP contribution in [0.25, 0.3) is 0 Å². The molecule has 0 radical (unpaired) electrons. The molecule has 7 heteroatoms. The molecule has 1 atom stereocenters. The van der Waals surface area contributed by atoms with Gasteiger partial charge in [0.1, 0.15) is 11.9 Å². The molecule has 0 unspecified atom stereocenters. The van der Waals surface area contributed by atoms with Crippen LogP contribution in [0.5, 0.6) is 0 Å². The molecule has 138 valence electrons. The van der Waals surface area contributed by atoms with Gasteiger partial charge >= 0.3 is 0 Å². The maximum absolute atomic E-state index is 13.2. The number of rotatable bonds is 5. The molecule has 0 fully saturated rings. The van der Waals surface area contributed by atoms with E-state index < -0.39 is 12.0 Å². The fourth-order valence-electron chi connectivity index (χ4n) is 3.57. The highest BCUT2D eigenvalue weighted by atomic mass is 19.1. The van der Waals surface area contributed by atoms with Gasteiger partial charge in [0.25, 0.3) is 0 Å². The Balaban J connectivity index is 1.71. The first-order chi connectivity index (χ1) is 13.0. The summed E-state index contributed by atoms with van der Waals surface area (Å²) in [6, 6.07) is 13.7. The van der Waals surface area contributed by atoms with E-state index in [2.05, 4.69) is 22.2 Å². The number of aliphatic hydroxyl groups excluding tert-OH is 1. The van der Waals surface area contributed by atoms with Crippen molar-refractivity contribution >= 4 is 5.91 Å². The second-order valence-corrected chi connectivity index (χ2v) is 6.76. The highest BCUT2D eigenvalue weighted by Gasteiger charge is 2.29. The van der Waals surface area contributed by atoms with Crippen LogP contribution in [0, 0.1) is 5.82 Å². The second kappa shape index (κ2) is 6.92. The zero-order valence-electron chi connectivity index (χ0n) is 14.5. The zero-order chi connectivity index (χ0) is 19.0. The van der Waals surface area contributed by atoms with Gasteiger partial charge in [-0.1, -0.05) is 36.4 Å². The van der Waals surface area contributed by atoms with Crippen LogP contribution < -0.4 is 5.73 Å². The van der Waals surface area contributed by atoms with Crippen molar-refractivity contribution in [1.29, 1.82) is 0 Å². The minimum atomic E-state index is -1.08. The van der Waals surface area contributed by atoms with Gasteiger partial charge in [0.15, 0.2) is 11.6 Å². The van der Waals surface area contributed by atoms with Crippen molar-refractivity contribution in [3.05, 3.63) is 82.7 Å². The zero-order valence-corrected chi connectivity index (χ0v) is 14.5. The molecule has 1 amide bonds. The number of carbonyl (C=O) groups excluding carboxylic acids is 1. The van der Waals surface area contributed by atoms with Crippen molar-refractivity contribution in [2.45, 2.75) is 31.4 Å². The molecule has 27 heavy (non-hydrogen) atoms. The normalized spacial score (nSPS) is 14.9. The number of hydrogen-bond donors (Lipinski definition) is 2. The SMILES string of the molecule is NC(=O)Cc1nc([C@H](O)c2ccc(F)cc2)n(C2Cc3ccccc3C2)n1. The number of nitrogens with zero attached hydrogens (tertiary/aromatic N) is 3. The highest BCUT2D eigenvalue weighted by molar-refractivity contribution is 5.75. The lowest BCUT2D eigenvalue weighted by molar-refractivity contribution is -0.117. The Morgan fingerprint density at radius 3 is 2.41 bits per heavy atom. The number of carbonyl (C=O) groups is 1. The third kappa shape index (κ3) is 3.46. The molecule has 1 aliphatic rings. The summed E-state index contributed by atoms with van der Waals surface area (Å²) >= 11 is 0. The first-order valence-electron chi connectivity index (χ1n) is 8.75. The summed E-state index contributed by atoms with van der Waals surface area (Å²) in [5, 5.41) is 15.3. The summed E-state index contributed by atoms with van der Waals surface area (Å²) in [5.74, 6) is -0.317. The average molecular weight is 366 g/mol. The number of halogens is 1. The van der Waals surface area contributed by atoms with Crippen LogP contribution >= 0.6 is 0 Å². The first kappa shape index (κ1) is 17.4. The van der Waals surface area contributed by atoms with Crippen molar-refractivity contribution < 1.29 is 14.3 Å². The summed E-state index contributed by atoms with van der Waals surface area (Å²) in [7, 11) is 0. The summed E-state index contributed by atoms with van der Waals surface area (Å²) in [4.78, 5) is 15.7. The quantitative estimate of drug-likeness (QED) is 0.721. The van der Waals surface area contributed by atoms with Crippen molar-refractivity contribution in [2.24, 2.45) is 5.73 Å². The van der Waals surface area contributed by atoms with Crippen LogP contribution in [0.1, 0.15) is 40.5 Å². The molecule has 0 saturated carbocycles. The number of aliphatic hydroxyl groups is 1. The number of benzene rings is 2. The van der Waals surface area contributed by atoms with E-state index in [9.17, 15) is 14.3 Å². The van der Waals surface area contributed by atoms with E-state index >= 15 is 0 Å². The molecule has 1 aliphatic carbocycles. The predicted octanol–water partition coefficient (Wildman–Crippen LogP) is 1.87. The van der Waals surface area contributed by atoms with Gasteiger partial charge in [-0.2, -0.15) is 5.10 Å². The van der Waals surface area contributed by atoms with Crippen LogP contribution in [0.4, 0.5) is 4.39 Å². The summed E-state index contributed by atoms with van der Waals surface area (Å²) in [6.45, 7) is 0. The van der Waals surface area contributed by atoms with Gasteiger partial charge in [-0.3, -0.25) is 4.79 Å². The molecule has 1 heterocycles. The topological polar surface area (TPSA) is 94.0 Å². The van der Waals surface area contributed by atoms with Gasteiger partial charge in [-0.05, 0) is 41.7 Å². The van der Waals surface area contributed by atoms with Gasteiger partial charge in [0, 0.05) is 0 Å². The van der Waals surface area contributed by atoms with E-state index in [-0.39, 0.29) is 24.1 Å². The number of hydrogen-bond acceptors (Lipinski definition) is 4. The maximum atomic E-state index is 13.2. The Morgan fingerprint density at radius 1 is 1.19 bits per heavy atom.